The minimum atomic E-state index is -0.208. The molecule has 0 unspecified atom stereocenters. The Hall–Kier alpha value is -1.42. The third-order valence-electron chi connectivity index (χ3n) is 2.73. The van der Waals surface area contributed by atoms with Crippen LogP contribution in [0.4, 0.5) is 10.2 Å². The summed E-state index contributed by atoms with van der Waals surface area (Å²) in [6, 6.07) is 8.63. The molecule has 0 spiro atoms. The molecule has 4 heteroatoms. The molecule has 0 radical (unpaired) electrons. The second kappa shape index (κ2) is 5.48. The van der Waals surface area contributed by atoms with Crippen molar-refractivity contribution in [2.75, 3.05) is 11.9 Å². The summed E-state index contributed by atoms with van der Waals surface area (Å²) in [7, 11) is 1.95. The largest absolute Gasteiger partial charge is 0.355 e. The van der Waals surface area contributed by atoms with Crippen LogP contribution in [0, 0.1) is 12.7 Å². The summed E-state index contributed by atoms with van der Waals surface area (Å²) in [5.41, 5.74) is 2.06. The molecule has 1 aromatic carbocycles. The third kappa shape index (κ3) is 3.07. The Morgan fingerprint density at radius 3 is 2.78 bits per heavy atom. The second-order valence-electron chi connectivity index (χ2n) is 4.28. The first kappa shape index (κ1) is 13.0. The Morgan fingerprint density at radius 2 is 2.11 bits per heavy atom. The van der Waals surface area contributed by atoms with Gasteiger partial charge in [-0.05, 0) is 52.2 Å². The van der Waals surface area contributed by atoms with Crippen LogP contribution >= 0.6 is 15.9 Å². The molecule has 0 fully saturated rings. The number of anilines is 1. The zero-order valence-corrected chi connectivity index (χ0v) is 11.9. The van der Waals surface area contributed by atoms with Crippen LogP contribution in [0.15, 0.2) is 41.0 Å². The van der Waals surface area contributed by atoms with Crippen LogP contribution in [0.25, 0.3) is 0 Å². The SMILES string of the molecule is Cc1cc(N(C)Cc2cccc(F)c2)ncc1Br. The van der Waals surface area contributed by atoms with Crippen molar-refractivity contribution in [2.45, 2.75) is 13.5 Å². The van der Waals surface area contributed by atoms with Crippen molar-refractivity contribution in [3.8, 4) is 0 Å². The van der Waals surface area contributed by atoms with E-state index in [2.05, 4.69) is 20.9 Å². The fourth-order valence-electron chi connectivity index (χ4n) is 1.72. The molecule has 1 aromatic heterocycles. The number of halogens is 2. The van der Waals surface area contributed by atoms with E-state index in [-0.39, 0.29) is 5.82 Å². The van der Waals surface area contributed by atoms with Gasteiger partial charge in [-0.25, -0.2) is 9.37 Å². The van der Waals surface area contributed by atoms with Crippen LogP contribution in [-0.4, -0.2) is 12.0 Å². The Bertz CT molecular complexity index is 557. The highest BCUT2D eigenvalue weighted by atomic mass is 79.9. The van der Waals surface area contributed by atoms with Crippen LogP contribution in [0.2, 0.25) is 0 Å². The predicted octanol–water partition coefficient (Wildman–Crippen LogP) is 3.93. The maximum absolute atomic E-state index is 13.1. The van der Waals surface area contributed by atoms with Crippen LogP contribution in [0.1, 0.15) is 11.1 Å². The summed E-state index contributed by atoms with van der Waals surface area (Å²) in [6.45, 7) is 2.65. The smallest absolute Gasteiger partial charge is 0.128 e. The standard InChI is InChI=1S/C14H14BrFN2/c1-10-6-14(17-8-13(10)15)18(2)9-11-4-3-5-12(16)7-11/h3-8H,9H2,1-2H3. The highest BCUT2D eigenvalue weighted by Gasteiger charge is 2.06. The number of hydrogen-bond acceptors (Lipinski definition) is 2. The molecule has 2 nitrogen and oxygen atoms in total. The van der Waals surface area contributed by atoms with Gasteiger partial charge in [-0.3, -0.25) is 0 Å². The average molecular weight is 309 g/mol. The Kier molecular flexibility index (Phi) is 3.97. The van der Waals surface area contributed by atoms with Crippen LogP contribution < -0.4 is 4.90 Å². The fraction of sp³-hybridized carbons (Fsp3) is 0.214. The summed E-state index contributed by atoms with van der Waals surface area (Å²) in [4.78, 5) is 6.34. The third-order valence-corrected chi connectivity index (χ3v) is 3.56. The highest BCUT2D eigenvalue weighted by Crippen LogP contribution is 2.20. The van der Waals surface area contributed by atoms with E-state index < -0.39 is 0 Å². The predicted molar refractivity (Wildman–Crippen MR) is 75.2 cm³/mol. The molecule has 0 bridgehead atoms. The van der Waals surface area contributed by atoms with Gasteiger partial charge in [0.25, 0.3) is 0 Å². The molecule has 2 rings (SSSR count). The van der Waals surface area contributed by atoms with Crippen molar-refractivity contribution in [3.63, 3.8) is 0 Å². The van der Waals surface area contributed by atoms with Crippen molar-refractivity contribution in [2.24, 2.45) is 0 Å². The van der Waals surface area contributed by atoms with Crippen molar-refractivity contribution in [3.05, 3.63) is 57.9 Å². The number of aromatic nitrogens is 1. The molecule has 94 valence electrons. The van der Waals surface area contributed by atoms with Gasteiger partial charge in [-0.2, -0.15) is 0 Å². The van der Waals surface area contributed by atoms with E-state index in [0.29, 0.717) is 6.54 Å². The lowest BCUT2D eigenvalue weighted by atomic mass is 10.2. The number of benzene rings is 1. The van der Waals surface area contributed by atoms with Crippen LogP contribution in [0.3, 0.4) is 0 Å². The molecule has 18 heavy (non-hydrogen) atoms. The second-order valence-corrected chi connectivity index (χ2v) is 5.13. The van der Waals surface area contributed by atoms with E-state index in [4.69, 9.17) is 0 Å². The minimum absolute atomic E-state index is 0.208. The summed E-state index contributed by atoms with van der Waals surface area (Å²) >= 11 is 3.42. The number of pyridine rings is 1. The van der Waals surface area contributed by atoms with Crippen LogP contribution in [-0.2, 0) is 6.54 Å². The Balaban J connectivity index is 2.16. The molecular formula is C14H14BrFN2. The molecule has 0 saturated heterocycles. The summed E-state index contributed by atoms with van der Waals surface area (Å²) in [5, 5.41) is 0. The van der Waals surface area contributed by atoms with Gasteiger partial charge in [0.1, 0.15) is 11.6 Å². The summed E-state index contributed by atoms with van der Waals surface area (Å²) < 4.78 is 14.1. The first-order chi connectivity index (χ1) is 8.56. The van der Waals surface area contributed by atoms with Crippen molar-refractivity contribution in [1.82, 2.24) is 4.98 Å². The van der Waals surface area contributed by atoms with Gasteiger partial charge in [-0.1, -0.05) is 12.1 Å². The van der Waals surface area contributed by atoms with Crippen molar-refractivity contribution in [1.29, 1.82) is 0 Å². The number of aryl methyl sites for hydroxylation is 1. The quantitative estimate of drug-likeness (QED) is 0.854. The molecule has 2 aromatic rings. The van der Waals surface area contributed by atoms with Gasteiger partial charge < -0.3 is 4.90 Å². The van der Waals surface area contributed by atoms with Gasteiger partial charge >= 0.3 is 0 Å². The van der Waals surface area contributed by atoms with E-state index in [9.17, 15) is 4.39 Å². The molecule has 1 heterocycles. The zero-order chi connectivity index (χ0) is 13.1. The fourth-order valence-corrected chi connectivity index (χ4v) is 1.94. The van der Waals surface area contributed by atoms with Gasteiger partial charge in [0.15, 0.2) is 0 Å². The Labute approximate surface area is 115 Å². The summed E-state index contributed by atoms with van der Waals surface area (Å²) in [6.07, 6.45) is 1.78. The Morgan fingerprint density at radius 1 is 1.33 bits per heavy atom. The van der Waals surface area contributed by atoms with Gasteiger partial charge in [0, 0.05) is 24.3 Å². The molecule has 0 amide bonds. The number of hydrogen-bond donors (Lipinski definition) is 0. The molecule has 0 aliphatic rings. The maximum atomic E-state index is 13.1. The van der Waals surface area contributed by atoms with E-state index in [1.165, 1.54) is 6.07 Å². The van der Waals surface area contributed by atoms with Gasteiger partial charge in [-0.15, -0.1) is 0 Å². The normalized spacial score (nSPS) is 10.4. The van der Waals surface area contributed by atoms with Crippen LogP contribution in [0.5, 0.6) is 0 Å². The van der Waals surface area contributed by atoms with E-state index >= 15 is 0 Å². The number of nitrogens with zero attached hydrogens (tertiary/aromatic N) is 2. The molecule has 0 N–H and O–H groups in total. The molecule has 0 aliphatic heterocycles. The van der Waals surface area contributed by atoms with E-state index in [0.717, 1.165) is 21.4 Å². The maximum Gasteiger partial charge on any atom is 0.128 e. The van der Waals surface area contributed by atoms with Gasteiger partial charge in [0.05, 0.1) is 0 Å². The monoisotopic (exact) mass is 308 g/mol. The molecule has 0 saturated carbocycles. The van der Waals surface area contributed by atoms with E-state index in [1.54, 1.807) is 18.3 Å². The lowest BCUT2D eigenvalue weighted by Gasteiger charge is -2.19. The minimum Gasteiger partial charge on any atom is -0.355 e. The first-order valence-corrected chi connectivity index (χ1v) is 6.43. The van der Waals surface area contributed by atoms with E-state index in [1.807, 2.05) is 31.0 Å². The van der Waals surface area contributed by atoms with Gasteiger partial charge in [0.2, 0.25) is 0 Å². The average Bonchev–Trinajstić information content (AvgIpc) is 2.32. The lowest BCUT2D eigenvalue weighted by molar-refractivity contribution is 0.625. The highest BCUT2D eigenvalue weighted by molar-refractivity contribution is 9.10. The lowest BCUT2D eigenvalue weighted by Crippen LogP contribution is -2.17. The summed E-state index contributed by atoms with van der Waals surface area (Å²) in [5.74, 6) is 0.667. The topological polar surface area (TPSA) is 16.1 Å². The molecule has 0 atom stereocenters. The molecule has 0 aliphatic carbocycles. The number of rotatable bonds is 3. The zero-order valence-electron chi connectivity index (χ0n) is 10.3. The van der Waals surface area contributed by atoms with Crippen molar-refractivity contribution >= 4 is 21.7 Å². The first-order valence-electron chi connectivity index (χ1n) is 5.64. The van der Waals surface area contributed by atoms with Crippen molar-refractivity contribution < 1.29 is 4.39 Å². The molecular weight excluding hydrogens is 295 g/mol.